The van der Waals surface area contributed by atoms with Gasteiger partial charge in [0.25, 0.3) is 0 Å². The molecule has 4 heterocycles. The van der Waals surface area contributed by atoms with Gasteiger partial charge in [-0.15, -0.1) is 0 Å². The molecular formula is C47H76O17. The van der Waals surface area contributed by atoms with Crippen molar-refractivity contribution in [2.24, 2.45) is 22.7 Å². The fourth-order valence-corrected chi connectivity index (χ4v) is 13.6. The molecule has 0 bridgehead atoms. The highest BCUT2D eigenvalue weighted by molar-refractivity contribution is 5.80. The molecule has 24 atom stereocenters. The van der Waals surface area contributed by atoms with Crippen molar-refractivity contribution < 1.29 is 82.8 Å². The molecule has 8 rings (SSSR count). The maximum absolute atomic E-state index is 12.7. The number of hydrogen-bond acceptors (Lipinski definition) is 17. The van der Waals surface area contributed by atoms with Gasteiger partial charge in [-0.3, -0.25) is 4.79 Å². The van der Waals surface area contributed by atoms with E-state index in [1.807, 2.05) is 6.92 Å². The number of aliphatic hydroxyl groups is 6. The fourth-order valence-electron chi connectivity index (χ4n) is 13.6. The van der Waals surface area contributed by atoms with Gasteiger partial charge in [0.1, 0.15) is 41.4 Å². The summed E-state index contributed by atoms with van der Waals surface area (Å²) in [5.41, 5.74) is -3.50. The molecule has 0 aromatic carbocycles. The minimum Gasteiger partial charge on any atom is -0.392 e. The van der Waals surface area contributed by atoms with Crippen LogP contribution in [0.5, 0.6) is 0 Å². The Balaban J connectivity index is 0.826. The first-order valence-corrected chi connectivity index (χ1v) is 23.8. The Morgan fingerprint density at radius 1 is 0.672 bits per heavy atom. The second kappa shape index (κ2) is 18.6. The van der Waals surface area contributed by atoms with Crippen LogP contribution in [0.1, 0.15) is 119 Å². The minimum atomic E-state index is -1.59. The summed E-state index contributed by atoms with van der Waals surface area (Å²) in [7, 11) is 3.15. The van der Waals surface area contributed by atoms with Crippen LogP contribution in [0.4, 0.5) is 0 Å². The van der Waals surface area contributed by atoms with Crippen LogP contribution in [0.25, 0.3) is 0 Å². The molecule has 4 saturated heterocycles. The van der Waals surface area contributed by atoms with Crippen LogP contribution >= 0.6 is 0 Å². The number of methoxy groups -OCH3 is 2. The van der Waals surface area contributed by atoms with E-state index in [0.717, 1.165) is 5.57 Å². The van der Waals surface area contributed by atoms with E-state index < -0.39 is 132 Å². The number of Topliss-reactive ketones (excluding diaryl/α,β-unsaturated/α-hetero) is 1. The molecule has 0 radical (unpaired) electrons. The van der Waals surface area contributed by atoms with Gasteiger partial charge in [-0.1, -0.05) is 25.5 Å². The van der Waals surface area contributed by atoms with Gasteiger partial charge in [-0.2, -0.15) is 0 Å². The van der Waals surface area contributed by atoms with Crippen molar-refractivity contribution in [3.63, 3.8) is 0 Å². The number of carbonyl (C=O) groups excluding carboxylic acids is 1. The molecular weight excluding hydrogens is 837 g/mol. The van der Waals surface area contributed by atoms with Gasteiger partial charge in [0.2, 0.25) is 0 Å². The average Bonchev–Trinajstić information content (AvgIpc) is 3.53. The van der Waals surface area contributed by atoms with Crippen LogP contribution in [0, 0.1) is 22.7 Å². The van der Waals surface area contributed by atoms with E-state index in [1.54, 1.807) is 34.8 Å². The molecule has 8 aliphatic rings. The summed E-state index contributed by atoms with van der Waals surface area (Å²) in [4.78, 5) is 12.7. The lowest BCUT2D eigenvalue weighted by molar-refractivity contribution is -0.345. The van der Waals surface area contributed by atoms with Crippen molar-refractivity contribution in [2.45, 2.75) is 241 Å². The Morgan fingerprint density at radius 2 is 1.19 bits per heavy atom. The predicted molar refractivity (Wildman–Crippen MR) is 225 cm³/mol. The molecule has 0 spiro atoms. The predicted octanol–water partition coefficient (Wildman–Crippen LogP) is 2.55. The Hall–Kier alpha value is -1.23. The zero-order valence-electron chi connectivity index (χ0n) is 39.1. The molecule has 3 saturated carbocycles. The van der Waals surface area contributed by atoms with E-state index in [0.29, 0.717) is 44.9 Å². The molecule has 64 heavy (non-hydrogen) atoms. The second-order valence-electron chi connectivity index (χ2n) is 20.9. The van der Waals surface area contributed by atoms with Gasteiger partial charge in [0.15, 0.2) is 25.2 Å². The first-order valence-electron chi connectivity index (χ1n) is 23.8. The van der Waals surface area contributed by atoms with Crippen molar-refractivity contribution >= 4 is 5.78 Å². The first kappa shape index (κ1) is 49.2. The largest absolute Gasteiger partial charge is 0.392 e. The lowest BCUT2D eigenvalue weighted by Gasteiger charge is -2.66. The SMILES string of the molecule is CO[C@H]1C[C@H](O[C@H]2CC[C@@]3(C)C(=CC[C@]4(O)[C@@H]3C[C@@H](O)[C@]3(C)[C@H](C(C)=O)CC[C@@]34O)C2)O[C@H](C)[C@H]1O[C@H]1C[C@H](O)[C@H](O[C@H]2C[C@H](O)[C@H](O[C@H]3C[C@@H](OC)[C@H](O)[C@@H](C)O3)[C@@H](C)O2)[C@@H](C)O1. The van der Waals surface area contributed by atoms with Crippen LogP contribution in [0.15, 0.2) is 11.6 Å². The topological polar surface area (TPSA) is 231 Å². The van der Waals surface area contributed by atoms with Gasteiger partial charge in [-0.05, 0) is 85.0 Å². The van der Waals surface area contributed by atoms with Crippen LogP contribution < -0.4 is 0 Å². The zero-order valence-corrected chi connectivity index (χ0v) is 39.1. The Labute approximate surface area is 377 Å². The number of hydrogen-bond donors (Lipinski definition) is 6. The molecule has 0 aromatic heterocycles. The van der Waals surface area contributed by atoms with Gasteiger partial charge in [0, 0.05) is 57.2 Å². The average molecular weight is 913 g/mol. The molecule has 17 nitrogen and oxygen atoms in total. The third-order valence-corrected chi connectivity index (χ3v) is 17.4. The molecule has 366 valence electrons. The van der Waals surface area contributed by atoms with Crippen molar-refractivity contribution in [1.29, 1.82) is 0 Å². The summed E-state index contributed by atoms with van der Waals surface area (Å²) in [5, 5.41) is 69.3. The van der Waals surface area contributed by atoms with Gasteiger partial charge < -0.3 is 78.0 Å². The van der Waals surface area contributed by atoms with E-state index in [9.17, 15) is 35.4 Å². The highest BCUT2D eigenvalue weighted by Gasteiger charge is 2.76. The number of rotatable bonds is 11. The number of fused-ring (bicyclic) bond motifs is 5. The minimum absolute atomic E-state index is 0.0604. The summed E-state index contributed by atoms with van der Waals surface area (Å²) < 4.78 is 61.5. The normalized spacial score (nSPS) is 54.3. The van der Waals surface area contributed by atoms with Gasteiger partial charge in [-0.25, -0.2) is 0 Å². The summed E-state index contributed by atoms with van der Waals surface area (Å²) in [6.45, 7) is 12.7. The van der Waals surface area contributed by atoms with E-state index >= 15 is 0 Å². The van der Waals surface area contributed by atoms with Crippen LogP contribution in [0.2, 0.25) is 0 Å². The molecule has 4 aliphatic carbocycles. The Morgan fingerprint density at radius 3 is 1.75 bits per heavy atom. The maximum Gasteiger partial charge on any atom is 0.161 e. The molecule has 0 amide bonds. The Bertz CT molecular complexity index is 1660. The summed E-state index contributed by atoms with van der Waals surface area (Å²) >= 11 is 0. The molecule has 0 unspecified atom stereocenters. The van der Waals surface area contributed by atoms with E-state index in [2.05, 4.69) is 13.0 Å². The smallest absolute Gasteiger partial charge is 0.161 e. The fraction of sp³-hybridized carbons (Fsp3) is 0.936. The van der Waals surface area contributed by atoms with Crippen molar-refractivity contribution in [1.82, 2.24) is 0 Å². The highest BCUT2D eigenvalue weighted by atomic mass is 16.8. The van der Waals surface area contributed by atoms with Gasteiger partial charge >= 0.3 is 0 Å². The molecule has 4 aliphatic heterocycles. The lowest BCUT2D eigenvalue weighted by Crippen LogP contribution is -2.75. The van der Waals surface area contributed by atoms with E-state index in [4.69, 9.17) is 47.4 Å². The quantitative estimate of drug-likeness (QED) is 0.164. The number of ether oxygens (including phenoxy) is 10. The highest BCUT2D eigenvalue weighted by Crippen LogP contribution is 2.69. The molecule has 17 heteroatoms. The van der Waals surface area contributed by atoms with Crippen molar-refractivity contribution in [2.75, 3.05) is 14.2 Å². The second-order valence-corrected chi connectivity index (χ2v) is 20.9. The third kappa shape index (κ3) is 8.40. The van der Waals surface area contributed by atoms with Crippen LogP contribution in [-0.4, -0.2) is 172 Å². The first-order chi connectivity index (χ1) is 30.2. The third-order valence-electron chi connectivity index (χ3n) is 17.4. The number of aliphatic hydroxyl groups excluding tert-OH is 4. The van der Waals surface area contributed by atoms with Crippen molar-refractivity contribution in [3.05, 3.63) is 11.6 Å². The van der Waals surface area contributed by atoms with Crippen LogP contribution in [0.3, 0.4) is 0 Å². The summed E-state index contributed by atoms with van der Waals surface area (Å²) in [6, 6.07) is 0. The summed E-state index contributed by atoms with van der Waals surface area (Å²) in [5.74, 6) is -0.952. The molecule has 7 fully saturated rings. The van der Waals surface area contributed by atoms with E-state index in [-0.39, 0.29) is 43.5 Å². The number of carbonyl (C=O) groups is 1. The van der Waals surface area contributed by atoms with E-state index in [1.165, 1.54) is 14.0 Å². The van der Waals surface area contributed by atoms with Crippen molar-refractivity contribution in [3.8, 4) is 0 Å². The number of ketones is 1. The zero-order chi connectivity index (χ0) is 46.3. The molecule has 0 aromatic rings. The Kier molecular flexibility index (Phi) is 14.3. The maximum atomic E-state index is 12.7. The standard InChI is InChI=1S/C47H76O17/c1-22(48)29-12-15-47(54)45(29,7)35(51)21-34-44(6)13-11-28(16-27(44)10-14-46(34,47)53)61-38-20-33(56-9)43(26(5)60-38)64-37-18-31(50)41(24(3)59-37)62-36-17-30(49)42(25(4)58-36)63-39-19-32(55-8)40(52)23(2)57-39/h10,23-26,28-43,49-54H,11-21H2,1-9H3/t23-,24-,25-,26-,28+,29+,30+,31+,32-,33+,34-,35-,36+,37+,38+,39+,40-,41-,42-,43-,44+,45+,46+,47-/m1/s1. The van der Waals surface area contributed by atoms with Crippen LogP contribution in [-0.2, 0) is 52.2 Å². The lowest BCUT2D eigenvalue weighted by atomic mass is 9.43. The molecule has 6 N–H and O–H groups in total. The van der Waals surface area contributed by atoms with Gasteiger partial charge in [0.05, 0.1) is 61.0 Å². The monoisotopic (exact) mass is 913 g/mol. The summed E-state index contributed by atoms with van der Waals surface area (Å²) in [6.07, 6.45) is -5.38.